The first-order valence-corrected chi connectivity index (χ1v) is 5.41. The number of hydrogen-bond acceptors (Lipinski definition) is 3. The van der Waals surface area contributed by atoms with Crippen LogP contribution in [0.15, 0.2) is 18.2 Å². The van der Waals surface area contributed by atoms with Crippen molar-refractivity contribution in [3.05, 3.63) is 29.6 Å². The van der Waals surface area contributed by atoms with Gasteiger partial charge in [0.15, 0.2) is 11.6 Å². The summed E-state index contributed by atoms with van der Waals surface area (Å²) in [6.45, 7) is 1.12. The van der Waals surface area contributed by atoms with Gasteiger partial charge in [-0.1, -0.05) is 0 Å². The van der Waals surface area contributed by atoms with Gasteiger partial charge in [0.05, 0.1) is 6.61 Å². The number of amidine groups is 1. The second-order valence-corrected chi connectivity index (χ2v) is 3.61. The van der Waals surface area contributed by atoms with Gasteiger partial charge >= 0.3 is 0 Å². The molecule has 0 saturated heterocycles. The van der Waals surface area contributed by atoms with E-state index in [1.807, 2.05) is 0 Å². The minimum atomic E-state index is -0.496. The molecule has 1 rings (SSSR count). The highest BCUT2D eigenvalue weighted by molar-refractivity contribution is 5.95. The van der Waals surface area contributed by atoms with Gasteiger partial charge in [0.25, 0.3) is 0 Å². The van der Waals surface area contributed by atoms with Gasteiger partial charge in [-0.3, -0.25) is 5.41 Å². The highest BCUT2D eigenvalue weighted by Crippen LogP contribution is 2.18. The smallest absolute Gasteiger partial charge is 0.165 e. The van der Waals surface area contributed by atoms with Crippen LogP contribution in [0.2, 0.25) is 0 Å². The number of methoxy groups -OCH3 is 1. The third-order valence-corrected chi connectivity index (χ3v) is 2.24. The fourth-order valence-electron chi connectivity index (χ4n) is 1.32. The third-order valence-electron chi connectivity index (χ3n) is 2.24. The lowest BCUT2D eigenvalue weighted by atomic mass is 10.2. The molecule has 1 aromatic carbocycles. The predicted octanol–water partition coefficient (Wildman–Crippen LogP) is 1.92. The van der Waals surface area contributed by atoms with Gasteiger partial charge in [-0.25, -0.2) is 4.39 Å². The van der Waals surface area contributed by atoms with Crippen molar-refractivity contribution in [1.29, 1.82) is 5.41 Å². The van der Waals surface area contributed by atoms with Crippen LogP contribution in [0, 0.1) is 11.2 Å². The first-order valence-electron chi connectivity index (χ1n) is 5.41. The molecule has 4 nitrogen and oxygen atoms in total. The zero-order valence-electron chi connectivity index (χ0n) is 9.83. The Balaban J connectivity index is 2.46. The monoisotopic (exact) mass is 240 g/mol. The molecule has 0 radical (unpaired) electrons. The van der Waals surface area contributed by atoms with Crippen LogP contribution in [0.5, 0.6) is 5.75 Å². The second kappa shape index (κ2) is 6.85. The number of ether oxygens (including phenoxy) is 2. The normalized spacial score (nSPS) is 10.2. The van der Waals surface area contributed by atoms with Crippen LogP contribution in [0.1, 0.15) is 18.4 Å². The number of hydrogen-bond donors (Lipinski definition) is 2. The fourth-order valence-corrected chi connectivity index (χ4v) is 1.32. The molecule has 0 spiro atoms. The summed E-state index contributed by atoms with van der Waals surface area (Å²) < 4.78 is 23.7. The lowest BCUT2D eigenvalue weighted by molar-refractivity contribution is 0.183. The topological polar surface area (TPSA) is 68.3 Å². The average molecular weight is 240 g/mol. The van der Waals surface area contributed by atoms with Crippen LogP contribution in [0.25, 0.3) is 0 Å². The predicted molar refractivity (Wildman–Crippen MR) is 64.0 cm³/mol. The summed E-state index contributed by atoms with van der Waals surface area (Å²) in [7, 11) is 1.64. The first kappa shape index (κ1) is 13.4. The molecule has 0 fully saturated rings. The summed E-state index contributed by atoms with van der Waals surface area (Å²) in [5.74, 6) is -0.465. The van der Waals surface area contributed by atoms with Crippen molar-refractivity contribution in [1.82, 2.24) is 0 Å². The molecule has 5 heteroatoms. The minimum Gasteiger partial charge on any atom is -0.491 e. The molecule has 0 aliphatic heterocycles. The van der Waals surface area contributed by atoms with E-state index in [2.05, 4.69) is 0 Å². The molecule has 0 bridgehead atoms. The van der Waals surface area contributed by atoms with E-state index in [-0.39, 0.29) is 11.6 Å². The van der Waals surface area contributed by atoms with E-state index in [4.69, 9.17) is 20.6 Å². The molecule has 0 unspecified atom stereocenters. The van der Waals surface area contributed by atoms with Crippen molar-refractivity contribution < 1.29 is 13.9 Å². The molecule has 0 atom stereocenters. The Hall–Kier alpha value is -1.62. The van der Waals surface area contributed by atoms with E-state index in [1.165, 1.54) is 12.1 Å². The zero-order chi connectivity index (χ0) is 12.7. The lowest BCUT2D eigenvalue weighted by Gasteiger charge is -2.08. The summed E-state index contributed by atoms with van der Waals surface area (Å²) in [5, 5.41) is 7.17. The molecule has 0 heterocycles. The van der Waals surface area contributed by atoms with E-state index in [0.717, 1.165) is 12.8 Å². The highest BCUT2D eigenvalue weighted by atomic mass is 19.1. The average Bonchev–Trinajstić information content (AvgIpc) is 2.30. The Morgan fingerprint density at radius 2 is 2.06 bits per heavy atom. The number of unbranched alkanes of at least 4 members (excludes halogenated alkanes) is 1. The molecule has 3 N–H and O–H groups in total. The van der Waals surface area contributed by atoms with Crippen molar-refractivity contribution in [2.75, 3.05) is 20.3 Å². The quantitative estimate of drug-likeness (QED) is 0.434. The highest BCUT2D eigenvalue weighted by Gasteiger charge is 2.06. The van der Waals surface area contributed by atoms with E-state index in [9.17, 15) is 4.39 Å². The molecule has 0 aliphatic carbocycles. The number of nitrogens with two attached hydrogens (primary N) is 1. The summed E-state index contributed by atoms with van der Waals surface area (Å²) >= 11 is 0. The molecule has 0 saturated carbocycles. The molecule has 17 heavy (non-hydrogen) atoms. The maximum Gasteiger partial charge on any atom is 0.165 e. The molecular weight excluding hydrogens is 223 g/mol. The van der Waals surface area contributed by atoms with Crippen LogP contribution in [-0.2, 0) is 4.74 Å². The molecule has 0 amide bonds. The van der Waals surface area contributed by atoms with Crippen LogP contribution in [0.3, 0.4) is 0 Å². The Morgan fingerprint density at radius 3 is 2.65 bits per heavy atom. The van der Waals surface area contributed by atoms with E-state index < -0.39 is 5.82 Å². The van der Waals surface area contributed by atoms with Gasteiger partial charge in [-0.2, -0.15) is 0 Å². The van der Waals surface area contributed by atoms with E-state index in [0.29, 0.717) is 18.8 Å². The molecule has 94 valence electrons. The van der Waals surface area contributed by atoms with Crippen molar-refractivity contribution in [3.8, 4) is 5.75 Å². The number of halogens is 1. The Bertz CT molecular complexity index is 383. The van der Waals surface area contributed by atoms with Crippen molar-refractivity contribution in [2.24, 2.45) is 5.73 Å². The van der Waals surface area contributed by atoms with Gasteiger partial charge in [-0.05, 0) is 31.0 Å². The van der Waals surface area contributed by atoms with Gasteiger partial charge in [0.2, 0.25) is 0 Å². The molecule has 1 aromatic rings. The van der Waals surface area contributed by atoms with Crippen molar-refractivity contribution >= 4 is 5.84 Å². The van der Waals surface area contributed by atoms with E-state index in [1.54, 1.807) is 13.2 Å². The van der Waals surface area contributed by atoms with Crippen molar-refractivity contribution in [2.45, 2.75) is 12.8 Å². The maximum atomic E-state index is 13.5. The lowest BCUT2D eigenvalue weighted by Crippen LogP contribution is -2.11. The summed E-state index contributed by atoms with van der Waals surface area (Å²) in [6, 6.07) is 4.26. The second-order valence-electron chi connectivity index (χ2n) is 3.61. The third kappa shape index (κ3) is 4.40. The molecule has 0 aromatic heterocycles. The van der Waals surface area contributed by atoms with Crippen molar-refractivity contribution in [3.63, 3.8) is 0 Å². The molecule has 0 aliphatic rings. The SMILES string of the molecule is COCCCCOc1ccc(C(=N)N)cc1F. The number of nitrogen functional groups attached to an aromatic ring is 1. The standard InChI is InChI=1S/C12H17FN2O2/c1-16-6-2-3-7-17-11-5-4-9(12(14)15)8-10(11)13/h4-5,8H,2-3,6-7H2,1H3,(H3,14,15). The summed E-state index contributed by atoms with van der Waals surface area (Å²) in [5.41, 5.74) is 5.61. The Morgan fingerprint density at radius 1 is 1.35 bits per heavy atom. The van der Waals surface area contributed by atoms with Crippen LogP contribution < -0.4 is 10.5 Å². The summed E-state index contributed by atoms with van der Waals surface area (Å²) in [6.07, 6.45) is 1.69. The minimum absolute atomic E-state index is 0.157. The van der Waals surface area contributed by atoms with Gasteiger partial charge in [0, 0.05) is 19.3 Å². The number of benzene rings is 1. The first-order chi connectivity index (χ1) is 8.15. The van der Waals surface area contributed by atoms with Gasteiger partial charge < -0.3 is 15.2 Å². The number of rotatable bonds is 7. The van der Waals surface area contributed by atoms with Gasteiger partial charge in [-0.15, -0.1) is 0 Å². The van der Waals surface area contributed by atoms with E-state index >= 15 is 0 Å². The largest absolute Gasteiger partial charge is 0.491 e. The number of nitrogens with one attached hydrogen (secondary N) is 1. The maximum absolute atomic E-state index is 13.5. The zero-order valence-corrected chi connectivity index (χ0v) is 9.83. The molecular formula is C12H17FN2O2. The summed E-state index contributed by atoms with van der Waals surface area (Å²) in [4.78, 5) is 0. The Labute approximate surface area is 100 Å². The van der Waals surface area contributed by atoms with Gasteiger partial charge in [0.1, 0.15) is 5.84 Å². The van der Waals surface area contributed by atoms with Crippen LogP contribution >= 0.6 is 0 Å². The Kier molecular flexibility index (Phi) is 5.42. The van der Waals surface area contributed by atoms with Crippen LogP contribution in [-0.4, -0.2) is 26.2 Å². The fraction of sp³-hybridized carbons (Fsp3) is 0.417. The van der Waals surface area contributed by atoms with Crippen LogP contribution in [0.4, 0.5) is 4.39 Å².